The molecule has 8 heteroatoms. The lowest BCUT2D eigenvalue weighted by Gasteiger charge is -2.02. The third kappa shape index (κ3) is 5.07. The highest BCUT2D eigenvalue weighted by molar-refractivity contribution is 7.15. The molecule has 0 radical (unpaired) electrons. The van der Waals surface area contributed by atoms with Crippen molar-refractivity contribution < 1.29 is 19.5 Å². The number of hydrogen-bond acceptors (Lipinski definition) is 5. The first-order chi connectivity index (χ1) is 7.97. The minimum atomic E-state index is -1.09. The van der Waals surface area contributed by atoms with Crippen molar-refractivity contribution in [2.75, 3.05) is 5.32 Å². The smallest absolute Gasteiger partial charge is 0.327 e. The second-order valence-corrected chi connectivity index (χ2v) is 4.41. The van der Waals surface area contributed by atoms with E-state index in [9.17, 15) is 14.4 Å². The fourth-order valence-electron chi connectivity index (χ4n) is 0.950. The summed E-state index contributed by atoms with van der Waals surface area (Å²) in [4.78, 5) is 37.4. The molecular weight excluding hydrogens is 246 g/mol. The second kappa shape index (κ2) is 5.94. The average molecular weight is 257 g/mol. The molecule has 17 heavy (non-hydrogen) atoms. The summed E-state index contributed by atoms with van der Waals surface area (Å²) >= 11 is 1.27. The Hall–Kier alpha value is -1.96. The maximum absolute atomic E-state index is 11.3. The van der Waals surface area contributed by atoms with Crippen LogP contribution in [0, 0.1) is 6.92 Å². The molecule has 92 valence electrons. The molecule has 0 atom stereocenters. The van der Waals surface area contributed by atoms with Crippen LogP contribution in [0.15, 0.2) is 6.20 Å². The minimum absolute atomic E-state index is 0.236. The summed E-state index contributed by atoms with van der Waals surface area (Å²) in [5.74, 6) is -1.73. The van der Waals surface area contributed by atoms with E-state index in [-0.39, 0.29) is 12.8 Å². The van der Waals surface area contributed by atoms with Gasteiger partial charge in [0.2, 0.25) is 5.91 Å². The summed E-state index contributed by atoms with van der Waals surface area (Å²) in [6.07, 6.45) is 1.04. The zero-order valence-electron chi connectivity index (χ0n) is 9.02. The molecule has 3 N–H and O–H groups in total. The predicted molar refractivity (Wildman–Crippen MR) is 60.9 cm³/mol. The van der Waals surface area contributed by atoms with Crippen molar-refractivity contribution in [2.45, 2.75) is 19.8 Å². The second-order valence-electron chi connectivity index (χ2n) is 3.17. The van der Waals surface area contributed by atoms with E-state index in [1.54, 1.807) is 6.20 Å². The van der Waals surface area contributed by atoms with E-state index in [4.69, 9.17) is 5.11 Å². The fraction of sp³-hybridized carbons (Fsp3) is 0.333. The highest BCUT2D eigenvalue weighted by Gasteiger charge is 2.10. The Morgan fingerprint density at radius 2 is 2.12 bits per heavy atom. The van der Waals surface area contributed by atoms with Crippen LogP contribution < -0.4 is 10.6 Å². The maximum atomic E-state index is 11.3. The van der Waals surface area contributed by atoms with Crippen LogP contribution in [-0.2, 0) is 9.59 Å². The largest absolute Gasteiger partial charge is 0.481 e. The molecule has 0 aromatic carbocycles. The van der Waals surface area contributed by atoms with E-state index in [1.165, 1.54) is 11.3 Å². The van der Waals surface area contributed by atoms with Gasteiger partial charge in [-0.05, 0) is 6.92 Å². The highest BCUT2D eigenvalue weighted by atomic mass is 32.1. The first-order valence-electron chi connectivity index (χ1n) is 4.72. The summed E-state index contributed by atoms with van der Waals surface area (Å²) in [6, 6.07) is -0.713. The SMILES string of the molecule is Cc1cnc(NC(=O)NC(=O)CCC(=O)O)s1. The van der Waals surface area contributed by atoms with E-state index < -0.39 is 17.9 Å². The predicted octanol–water partition coefficient (Wildman–Crippen LogP) is 0.964. The molecule has 0 bridgehead atoms. The number of carboxylic acid groups (broad SMARTS) is 1. The first kappa shape index (κ1) is 13.1. The maximum Gasteiger partial charge on any atom is 0.327 e. The number of carbonyl (C=O) groups excluding carboxylic acids is 2. The lowest BCUT2D eigenvalue weighted by molar-refractivity contribution is -0.138. The molecule has 0 aliphatic rings. The number of anilines is 1. The van der Waals surface area contributed by atoms with Crippen LogP contribution in [0.5, 0.6) is 0 Å². The van der Waals surface area contributed by atoms with Crippen LogP contribution in [0.2, 0.25) is 0 Å². The molecular formula is C9H11N3O4S. The lowest BCUT2D eigenvalue weighted by Crippen LogP contribution is -2.34. The number of urea groups is 1. The zero-order chi connectivity index (χ0) is 12.8. The Kier molecular flexibility index (Phi) is 4.58. The monoisotopic (exact) mass is 257 g/mol. The molecule has 3 amide bonds. The molecule has 0 unspecified atom stereocenters. The molecule has 1 aromatic heterocycles. The Morgan fingerprint density at radius 1 is 1.41 bits per heavy atom. The molecule has 1 heterocycles. The number of carbonyl (C=O) groups is 3. The third-order valence-corrected chi connectivity index (χ3v) is 2.49. The van der Waals surface area contributed by atoms with Crippen molar-refractivity contribution in [3.63, 3.8) is 0 Å². The minimum Gasteiger partial charge on any atom is -0.481 e. The number of aryl methyl sites for hydroxylation is 1. The number of aromatic nitrogens is 1. The van der Waals surface area contributed by atoms with E-state index in [2.05, 4.69) is 10.3 Å². The van der Waals surface area contributed by atoms with Gasteiger partial charge in [-0.25, -0.2) is 9.78 Å². The van der Waals surface area contributed by atoms with Crippen molar-refractivity contribution in [3.8, 4) is 0 Å². The van der Waals surface area contributed by atoms with Gasteiger partial charge in [-0.3, -0.25) is 20.2 Å². The number of carboxylic acids is 1. The first-order valence-corrected chi connectivity index (χ1v) is 5.54. The van der Waals surface area contributed by atoms with Crippen LogP contribution >= 0.6 is 11.3 Å². The molecule has 0 aliphatic heterocycles. The van der Waals surface area contributed by atoms with Gasteiger partial charge in [0.25, 0.3) is 0 Å². The Balaban J connectivity index is 2.34. The highest BCUT2D eigenvalue weighted by Crippen LogP contribution is 2.15. The molecule has 1 aromatic rings. The third-order valence-electron chi connectivity index (χ3n) is 1.66. The topological polar surface area (TPSA) is 108 Å². The van der Waals surface area contributed by atoms with Gasteiger partial charge in [-0.2, -0.15) is 0 Å². The molecule has 0 spiro atoms. The number of nitrogens with zero attached hydrogens (tertiary/aromatic N) is 1. The summed E-state index contributed by atoms with van der Waals surface area (Å²) in [7, 11) is 0. The van der Waals surface area contributed by atoms with Gasteiger partial charge in [-0.1, -0.05) is 0 Å². The van der Waals surface area contributed by atoms with Crippen LogP contribution in [0.25, 0.3) is 0 Å². The molecule has 0 fully saturated rings. The Labute approximate surface area is 101 Å². The van der Waals surface area contributed by atoms with Crippen LogP contribution in [0.1, 0.15) is 17.7 Å². The number of thiazole rings is 1. The van der Waals surface area contributed by atoms with Gasteiger partial charge in [-0.15, -0.1) is 11.3 Å². The summed E-state index contributed by atoms with van der Waals surface area (Å²) in [6.45, 7) is 1.83. The quantitative estimate of drug-likeness (QED) is 0.744. The van der Waals surface area contributed by atoms with Crippen LogP contribution in [-0.4, -0.2) is 28.0 Å². The molecule has 0 saturated heterocycles. The number of imide groups is 1. The van der Waals surface area contributed by atoms with Gasteiger partial charge in [0, 0.05) is 17.5 Å². The van der Waals surface area contributed by atoms with Gasteiger partial charge < -0.3 is 5.11 Å². The van der Waals surface area contributed by atoms with E-state index in [0.29, 0.717) is 5.13 Å². The van der Waals surface area contributed by atoms with Gasteiger partial charge in [0.15, 0.2) is 5.13 Å². The number of hydrogen-bond donors (Lipinski definition) is 3. The lowest BCUT2D eigenvalue weighted by atomic mass is 10.3. The van der Waals surface area contributed by atoms with E-state index in [1.807, 2.05) is 12.2 Å². The normalized spacial score (nSPS) is 9.71. The van der Waals surface area contributed by atoms with Crippen molar-refractivity contribution in [3.05, 3.63) is 11.1 Å². The van der Waals surface area contributed by atoms with Gasteiger partial charge in [0.05, 0.1) is 6.42 Å². The Morgan fingerprint density at radius 3 is 2.65 bits per heavy atom. The number of aliphatic carboxylic acids is 1. The van der Waals surface area contributed by atoms with Crippen molar-refractivity contribution in [1.82, 2.24) is 10.3 Å². The molecule has 0 saturated carbocycles. The summed E-state index contributed by atoms with van der Waals surface area (Å²) < 4.78 is 0. The van der Waals surface area contributed by atoms with Gasteiger partial charge >= 0.3 is 12.0 Å². The van der Waals surface area contributed by atoms with Crippen LogP contribution in [0.4, 0.5) is 9.93 Å². The molecule has 7 nitrogen and oxygen atoms in total. The van der Waals surface area contributed by atoms with Crippen molar-refractivity contribution in [2.24, 2.45) is 0 Å². The fourth-order valence-corrected chi connectivity index (χ4v) is 1.61. The molecule has 1 rings (SSSR count). The van der Waals surface area contributed by atoms with Gasteiger partial charge in [0.1, 0.15) is 0 Å². The summed E-state index contributed by atoms with van der Waals surface area (Å²) in [5, 5.41) is 13.1. The number of rotatable bonds is 4. The number of nitrogens with one attached hydrogen (secondary N) is 2. The average Bonchev–Trinajstić information content (AvgIpc) is 2.60. The van der Waals surface area contributed by atoms with E-state index >= 15 is 0 Å². The Bertz CT molecular complexity index is 443. The standard InChI is InChI=1S/C9H11N3O4S/c1-5-4-10-9(17-5)12-8(16)11-6(13)2-3-7(14)15/h4H,2-3H2,1H3,(H,14,15)(H2,10,11,12,13,16). The number of amides is 3. The van der Waals surface area contributed by atoms with Crippen molar-refractivity contribution >= 4 is 34.4 Å². The van der Waals surface area contributed by atoms with E-state index in [0.717, 1.165) is 4.88 Å². The zero-order valence-corrected chi connectivity index (χ0v) is 9.84. The summed E-state index contributed by atoms with van der Waals surface area (Å²) in [5.41, 5.74) is 0. The van der Waals surface area contributed by atoms with Crippen LogP contribution in [0.3, 0.4) is 0 Å². The van der Waals surface area contributed by atoms with Crippen molar-refractivity contribution in [1.29, 1.82) is 0 Å². The molecule has 0 aliphatic carbocycles.